The van der Waals surface area contributed by atoms with Gasteiger partial charge in [-0.15, -0.1) is 0 Å². The van der Waals surface area contributed by atoms with E-state index in [2.05, 4.69) is 10.6 Å². The molecule has 0 bridgehead atoms. The second kappa shape index (κ2) is 9.50. The number of hydrogen-bond acceptors (Lipinski definition) is 4. The van der Waals surface area contributed by atoms with Crippen LogP contribution >= 0.6 is 0 Å². The smallest absolute Gasteiger partial charge is 0.353 e. The molecule has 1 unspecified atom stereocenters. The van der Waals surface area contributed by atoms with E-state index in [0.717, 1.165) is 25.1 Å². The molecular formula is C26H27F2N3O4. The second-order valence-corrected chi connectivity index (χ2v) is 9.51. The zero-order valence-electron chi connectivity index (χ0n) is 19.7. The number of para-hydroxylation sites is 1. The van der Waals surface area contributed by atoms with Gasteiger partial charge in [0.2, 0.25) is 0 Å². The van der Waals surface area contributed by atoms with Crippen LogP contribution in [0.15, 0.2) is 48.7 Å². The first-order chi connectivity index (χ1) is 16.5. The summed E-state index contributed by atoms with van der Waals surface area (Å²) >= 11 is 0. The Morgan fingerprint density at radius 3 is 2.31 bits per heavy atom. The van der Waals surface area contributed by atoms with Crippen molar-refractivity contribution in [2.24, 2.45) is 0 Å². The first-order valence-corrected chi connectivity index (χ1v) is 11.3. The Morgan fingerprint density at radius 2 is 1.77 bits per heavy atom. The third kappa shape index (κ3) is 5.19. The van der Waals surface area contributed by atoms with E-state index in [1.807, 2.05) is 20.8 Å². The average molecular weight is 484 g/mol. The standard InChI is InChI=1S/C26H27F2N3O4/c1-26(2,3)30-24(32)21-18(14-31(22(21)25(33)34)16-11-12-29-13-16)15-7-9-17(10-8-15)35-23-19(27)5-4-6-20(23)28/h4-10,14,16,29H,11-13H2,1-3H3,(H,30,32)(H,33,34). The van der Waals surface area contributed by atoms with Gasteiger partial charge in [0.15, 0.2) is 17.4 Å². The molecule has 2 aromatic carbocycles. The zero-order chi connectivity index (χ0) is 25.3. The minimum Gasteiger partial charge on any atom is -0.477 e. The van der Waals surface area contributed by atoms with Crippen LogP contribution in [-0.4, -0.2) is 40.2 Å². The third-order valence-corrected chi connectivity index (χ3v) is 5.68. The number of carbonyl (C=O) groups excluding carboxylic acids is 1. The van der Waals surface area contributed by atoms with Gasteiger partial charge in [-0.05, 0) is 63.6 Å². The normalized spacial score (nSPS) is 15.7. The molecule has 3 N–H and O–H groups in total. The van der Waals surface area contributed by atoms with Crippen LogP contribution in [0.2, 0.25) is 0 Å². The van der Waals surface area contributed by atoms with Crippen molar-refractivity contribution in [3.8, 4) is 22.6 Å². The van der Waals surface area contributed by atoms with E-state index in [4.69, 9.17) is 4.74 Å². The number of carbonyl (C=O) groups is 2. The lowest BCUT2D eigenvalue weighted by molar-refractivity contribution is 0.0675. The maximum Gasteiger partial charge on any atom is 0.353 e. The minimum atomic E-state index is -1.20. The highest BCUT2D eigenvalue weighted by atomic mass is 19.1. The van der Waals surface area contributed by atoms with E-state index in [1.165, 1.54) is 18.2 Å². The molecule has 1 aliphatic rings. The van der Waals surface area contributed by atoms with Gasteiger partial charge in [-0.1, -0.05) is 18.2 Å². The fourth-order valence-corrected chi connectivity index (χ4v) is 4.16. The summed E-state index contributed by atoms with van der Waals surface area (Å²) in [5, 5.41) is 16.1. The molecule has 1 aliphatic heterocycles. The number of carboxylic acids is 1. The van der Waals surface area contributed by atoms with Crippen LogP contribution in [-0.2, 0) is 0 Å². The van der Waals surface area contributed by atoms with Gasteiger partial charge in [0.05, 0.1) is 5.56 Å². The minimum absolute atomic E-state index is 0.0631. The number of rotatable bonds is 6. The molecule has 0 saturated carbocycles. The van der Waals surface area contributed by atoms with Crippen molar-refractivity contribution < 1.29 is 28.2 Å². The van der Waals surface area contributed by atoms with E-state index in [9.17, 15) is 23.5 Å². The molecule has 0 radical (unpaired) electrons. The number of nitrogens with one attached hydrogen (secondary N) is 2. The summed E-state index contributed by atoms with van der Waals surface area (Å²) in [7, 11) is 0. The van der Waals surface area contributed by atoms with Gasteiger partial charge in [-0.25, -0.2) is 13.6 Å². The van der Waals surface area contributed by atoms with E-state index in [0.29, 0.717) is 17.7 Å². The molecule has 184 valence electrons. The van der Waals surface area contributed by atoms with Gasteiger partial charge in [0.1, 0.15) is 11.4 Å². The van der Waals surface area contributed by atoms with Crippen LogP contribution in [0.3, 0.4) is 0 Å². The first kappa shape index (κ1) is 24.4. The predicted octanol–water partition coefficient (Wildman–Crippen LogP) is 4.99. The Morgan fingerprint density at radius 1 is 1.11 bits per heavy atom. The Bertz CT molecular complexity index is 1240. The number of aromatic nitrogens is 1. The third-order valence-electron chi connectivity index (χ3n) is 5.68. The Hall–Kier alpha value is -3.72. The van der Waals surface area contributed by atoms with Crippen molar-refractivity contribution in [1.29, 1.82) is 0 Å². The molecule has 35 heavy (non-hydrogen) atoms. The fourth-order valence-electron chi connectivity index (χ4n) is 4.16. The SMILES string of the molecule is CC(C)(C)NC(=O)c1c(-c2ccc(Oc3c(F)cccc3F)cc2)cn(C2CCNC2)c1C(=O)O. The van der Waals surface area contributed by atoms with Gasteiger partial charge < -0.3 is 25.0 Å². The summed E-state index contributed by atoms with van der Waals surface area (Å²) in [6, 6.07) is 9.61. The van der Waals surface area contributed by atoms with E-state index >= 15 is 0 Å². The predicted molar refractivity (Wildman–Crippen MR) is 127 cm³/mol. The largest absolute Gasteiger partial charge is 0.477 e. The molecule has 7 nitrogen and oxygen atoms in total. The Labute approximate surface area is 201 Å². The number of halogens is 2. The molecule has 4 rings (SSSR count). The summed E-state index contributed by atoms with van der Waals surface area (Å²) in [5.41, 5.74) is 0.414. The van der Waals surface area contributed by atoms with Crippen molar-refractivity contribution in [2.45, 2.75) is 38.8 Å². The average Bonchev–Trinajstić information content (AvgIpc) is 3.43. The molecule has 9 heteroatoms. The monoisotopic (exact) mass is 483 g/mol. The number of carboxylic acid groups (broad SMARTS) is 1. The Balaban J connectivity index is 1.77. The first-order valence-electron chi connectivity index (χ1n) is 11.3. The lowest BCUT2D eigenvalue weighted by Gasteiger charge is -2.21. The van der Waals surface area contributed by atoms with Gasteiger partial charge in [-0.3, -0.25) is 4.79 Å². The van der Waals surface area contributed by atoms with E-state index in [1.54, 1.807) is 22.9 Å². The summed E-state index contributed by atoms with van der Waals surface area (Å²) in [6.45, 7) is 6.79. The molecule has 1 saturated heterocycles. The molecular weight excluding hydrogens is 456 g/mol. The summed E-state index contributed by atoms with van der Waals surface area (Å²) in [4.78, 5) is 25.6. The highest BCUT2D eigenvalue weighted by Gasteiger charge is 2.32. The summed E-state index contributed by atoms with van der Waals surface area (Å²) < 4.78 is 34.9. The van der Waals surface area contributed by atoms with E-state index in [-0.39, 0.29) is 23.0 Å². The number of nitrogens with zero attached hydrogens (tertiary/aromatic N) is 1. The van der Waals surface area contributed by atoms with Gasteiger partial charge in [0.25, 0.3) is 5.91 Å². The molecule has 3 aromatic rings. The van der Waals surface area contributed by atoms with Crippen LogP contribution in [0.4, 0.5) is 8.78 Å². The van der Waals surface area contributed by atoms with Gasteiger partial charge in [-0.2, -0.15) is 0 Å². The fraction of sp³-hybridized carbons (Fsp3) is 0.308. The lowest BCUT2D eigenvalue weighted by atomic mass is 10.0. The Kier molecular flexibility index (Phi) is 6.62. The van der Waals surface area contributed by atoms with Gasteiger partial charge in [0, 0.05) is 29.9 Å². The maximum absolute atomic E-state index is 14.0. The molecule has 1 fully saturated rings. The molecule has 2 heterocycles. The number of amides is 1. The van der Waals surface area contributed by atoms with Crippen molar-refractivity contribution >= 4 is 11.9 Å². The van der Waals surface area contributed by atoms with Crippen molar-refractivity contribution in [2.75, 3.05) is 13.1 Å². The highest BCUT2D eigenvalue weighted by Crippen LogP contribution is 2.35. The molecule has 0 aliphatic carbocycles. The molecule has 1 aromatic heterocycles. The van der Waals surface area contributed by atoms with Crippen molar-refractivity contribution in [3.63, 3.8) is 0 Å². The topological polar surface area (TPSA) is 92.6 Å². The summed E-state index contributed by atoms with van der Waals surface area (Å²) in [5.74, 6) is -3.68. The zero-order valence-corrected chi connectivity index (χ0v) is 19.7. The molecule has 1 amide bonds. The van der Waals surface area contributed by atoms with Crippen LogP contribution < -0.4 is 15.4 Å². The number of hydrogen-bond donors (Lipinski definition) is 3. The van der Waals surface area contributed by atoms with Crippen LogP contribution in [0.1, 0.15) is 54.1 Å². The van der Waals surface area contributed by atoms with Gasteiger partial charge >= 0.3 is 5.97 Å². The summed E-state index contributed by atoms with van der Waals surface area (Å²) in [6.07, 6.45) is 2.42. The second-order valence-electron chi connectivity index (χ2n) is 9.51. The van der Waals surface area contributed by atoms with Crippen LogP contribution in [0.5, 0.6) is 11.5 Å². The number of aromatic carboxylic acids is 1. The highest BCUT2D eigenvalue weighted by molar-refractivity contribution is 6.09. The lowest BCUT2D eigenvalue weighted by Crippen LogP contribution is -2.41. The van der Waals surface area contributed by atoms with E-state index < -0.39 is 34.8 Å². The number of benzene rings is 2. The number of ether oxygens (including phenoxy) is 1. The van der Waals surface area contributed by atoms with Crippen LogP contribution in [0.25, 0.3) is 11.1 Å². The maximum atomic E-state index is 14.0. The van der Waals surface area contributed by atoms with Crippen molar-refractivity contribution in [1.82, 2.24) is 15.2 Å². The van der Waals surface area contributed by atoms with Crippen molar-refractivity contribution in [3.05, 3.63) is 71.6 Å². The quantitative estimate of drug-likeness (QED) is 0.460. The molecule has 0 spiro atoms. The molecule has 1 atom stereocenters. The van der Waals surface area contributed by atoms with Crippen LogP contribution in [0, 0.1) is 11.6 Å².